The Labute approximate surface area is 153 Å². The van der Waals surface area contributed by atoms with E-state index in [1.165, 1.54) is 5.56 Å². The SMILES string of the molecule is Cc1cc(C)cc(C(=O)NCC(=O)NCC2COc3ccccc3C2)c1. The Morgan fingerprint density at radius 2 is 1.81 bits per heavy atom. The molecule has 0 spiro atoms. The van der Waals surface area contributed by atoms with Gasteiger partial charge < -0.3 is 15.4 Å². The third-order valence-corrected chi connectivity index (χ3v) is 4.44. The van der Waals surface area contributed by atoms with Crippen LogP contribution in [0.25, 0.3) is 0 Å². The molecule has 2 amide bonds. The van der Waals surface area contributed by atoms with Crippen molar-refractivity contribution in [3.63, 3.8) is 0 Å². The molecule has 0 aromatic heterocycles. The number of carbonyl (C=O) groups is 2. The maximum absolute atomic E-state index is 12.2. The van der Waals surface area contributed by atoms with Crippen LogP contribution in [0.4, 0.5) is 0 Å². The van der Waals surface area contributed by atoms with Crippen LogP contribution in [-0.4, -0.2) is 31.5 Å². The fraction of sp³-hybridized carbons (Fsp3) is 0.333. The van der Waals surface area contributed by atoms with Crippen LogP contribution >= 0.6 is 0 Å². The molecule has 1 unspecified atom stereocenters. The first-order chi connectivity index (χ1) is 12.5. The van der Waals surface area contributed by atoms with E-state index in [0.717, 1.165) is 23.3 Å². The topological polar surface area (TPSA) is 67.4 Å². The molecule has 0 radical (unpaired) electrons. The summed E-state index contributed by atoms with van der Waals surface area (Å²) >= 11 is 0. The van der Waals surface area contributed by atoms with E-state index in [-0.39, 0.29) is 24.3 Å². The first kappa shape index (κ1) is 18.0. The minimum Gasteiger partial charge on any atom is -0.493 e. The lowest BCUT2D eigenvalue weighted by molar-refractivity contribution is -0.120. The highest BCUT2D eigenvalue weighted by Gasteiger charge is 2.20. The molecule has 0 fully saturated rings. The molecule has 2 N–H and O–H groups in total. The van der Waals surface area contributed by atoms with E-state index in [0.29, 0.717) is 18.7 Å². The Kier molecular flexibility index (Phi) is 5.56. The molecule has 1 heterocycles. The van der Waals surface area contributed by atoms with E-state index in [1.807, 2.05) is 56.3 Å². The average Bonchev–Trinajstić information content (AvgIpc) is 2.63. The minimum atomic E-state index is -0.234. The molecule has 0 saturated carbocycles. The normalized spacial score (nSPS) is 15.5. The quantitative estimate of drug-likeness (QED) is 0.868. The summed E-state index contributed by atoms with van der Waals surface area (Å²) in [7, 11) is 0. The number of benzene rings is 2. The second-order valence-electron chi connectivity index (χ2n) is 6.85. The number of carbonyl (C=O) groups excluding carboxylic acids is 2. The summed E-state index contributed by atoms with van der Waals surface area (Å²) in [5.74, 6) is 0.739. The monoisotopic (exact) mass is 352 g/mol. The van der Waals surface area contributed by atoms with Crippen LogP contribution in [0.2, 0.25) is 0 Å². The second-order valence-corrected chi connectivity index (χ2v) is 6.85. The first-order valence-electron chi connectivity index (χ1n) is 8.85. The zero-order valence-electron chi connectivity index (χ0n) is 15.2. The van der Waals surface area contributed by atoms with E-state index in [1.54, 1.807) is 0 Å². The fourth-order valence-electron chi connectivity index (χ4n) is 3.21. The highest BCUT2D eigenvalue weighted by atomic mass is 16.5. The fourth-order valence-corrected chi connectivity index (χ4v) is 3.21. The van der Waals surface area contributed by atoms with Crippen LogP contribution in [-0.2, 0) is 11.2 Å². The van der Waals surface area contributed by atoms with Gasteiger partial charge in [-0.15, -0.1) is 0 Å². The van der Waals surface area contributed by atoms with Gasteiger partial charge in [-0.3, -0.25) is 9.59 Å². The molecule has 1 atom stereocenters. The van der Waals surface area contributed by atoms with Crippen molar-refractivity contribution in [1.82, 2.24) is 10.6 Å². The molecule has 0 aliphatic carbocycles. The lowest BCUT2D eigenvalue weighted by Gasteiger charge is -2.25. The Bertz CT molecular complexity index is 796. The number of rotatable bonds is 5. The molecule has 0 bridgehead atoms. The molecule has 3 rings (SSSR count). The van der Waals surface area contributed by atoms with Crippen molar-refractivity contribution in [3.05, 3.63) is 64.7 Å². The van der Waals surface area contributed by atoms with E-state index < -0.39 is 0 Å². The molecule has 0 saturated heterocycles. The maximum atomic E-state index is 12.2. The van der Waals surface area contributed by atoms with Crippen LogP contribution in [0.15, 0.2) is 42.5 Å². The van der Waals surface area contributed by atoms with E-state index in [2.05, 4.69) is 10.6 Å². The van der Waals surface area contributed by atoms with Gasteiger partial charge >= 0.3 is 0 Å². The van der Waals surface area contributed by atoms with Gasteiger partial charge in [0.2, 0.25) is 5.91 Å². The Hall–Kier alpha value is -2.82. The summed E-state index contributed by atoms with van der Waals surface area (Å²) in [5.41, 5.74) is 3.79. The van der Waals surface area contributed by atoms with Crippen molar-refractivity contribution >= 4 is 11.8 Å². The zero-order chi connectivity index (χ0) is 18.5. The maximum Gasteiger partial charge on any atom is 0.251 e. The van der Waals surface area contributed by atoms with E-state index >= 15 is 0 Å². The van der Waals surface area contributed by atoms with Gasteiger partial charge in [0.25, 0.3) is 5.91 Å². The number of aryl methyl sites for hydroxylation is 2. The van der Waals surface area contributed by atoms with Gasteiger partial charge in [0.1, 0.15) is 5.75 Å². The smallest absolute Gasteiger partial charge is 0.251 e. The predicted molar refractivity (Wildman–Crippen MR) is 100 cm³/mol. The summed E-state index contributed by atoms with van der Waals surface area (Å²) < 4.78 is 5.73. The number of hydrogen-bond donors (Lipinski definition) is 2. The van der Waals surface area contributed by atoms with Crippen LogP contribution in [0.5, 0.6) is 5.75 Å². The molecule has 1 aliphatic rings. The van der Waals surface area contributed by atoms with Crippen LogP contribution in [0.1, 0.15) is 27.0 Å². The van der Waals surface area contributed by atoms with Crippen LogP contribution in [0.3, 0.4) is 0 Å². The average molecular weight is 352 g/mol. The molecular formula is C21H24N2O3. The number of hydrogen-bond acceptors (Lipinski definition) is 3. The van der Waals surface area contributed by atoms with Gasteiger partial charge in [-0.25, -0.2) is 0 Å². The Morgan fingerprint density at radius 1 is 1.08 bits per heavy atom. The van der Waals surface area contributed by atoms with Crippen molar-refractivity contribution < 1.29 is 14.3 Å². The third-order valence-electron chi connectivity index (χ3n) is 4.44. The van der Waals surface area contributed by atoms with Gasteiger partial charge in [-0.1, -0.05) is 35.4 Å². The van der Waals surface area contributed by atoms with Gasteiger partial charge in [0.15, 0.2) is 0 Å². The molecular weight excluding hydrogens is 328 g/mol. The van der Waals surface area contributed by atoms with Crippen LogP contribution in [0, 0.1) is 19.8 Å². The summed E-state index contributed by atoms with van der Waals surface area (Å²) in [5, 5.41) is 5.55. The summed E-state index contributed by atoms with van der Waals surface area (Å²) in [6.07, 6.45) is 0.880. The summed E-state index contributed by atoms with van der Waals surface area (Å²) in [6, 6.07) is 13.6. The predicted octanol–water partition coefficient (Wildman–Crippen LogP) is 2.40. The number of ether oxygens (including phenoxy) is 1. The molecule has 26 heavy (non-hydrogen) atoms. The largest absolute Gasteiger partial charge is 0.493 e. The number of amides is 2. The first-order valence-corrected chi connectivity index (χ1v) is 8.85. The van der Waals surface area contributed by atoms with Crippen molar-refractivity contribution in [1.29, 1.82) is 0 Å². The van der Waals surface area contributed by atoms with E-state index in [4.69, 9.17) is 4.74 Å². The van der Waals surface area contributed by atoms with Crippen molar-refractivity contribution in [2.24, 2.45) is 5.92 Å². The van der Waals surface area contributed by atoms with Crippen molar-refractivity contribution in [3.8, 4) is 5.75 Å². The lowest BCUT2D eigenvalue weighted by Crippen LogP contribution is -2.40. The van der Waals surface area contributed by atoms with Gasteiger partial charge in [0, 0.05) is 18.0 Å². The van der Waals surface area contributed by atoms with Gasteiger partial charge in [-0.05, 0) is 44.0 Å². The van der Waals surface area contributed by atoms with Crippen molar-refractivity contribution in [2.75, 3.05) is 19.7 Å². The number of para-hydroxylation sites is 1. The van der Waals surface area contributed by atoms with Gasteiger partial charge in [-0.2, -0.15) is 0 Å². The lowest BCUT2D eigenvalue weighted by atomic mass is 9.97. The third kappa shape index (κ3) is 4.63. The number of nitrogens with one attached hydrogen (secondary N) is 2. The van der Waals surface area contributed by atoms with Crippen LogP contribution < -0.4 is 15.4 Å². The highest BCUT2D eigenvalue weighted by Crippen LogP contribution is 2.26. The van der Waals surface area contributed by atoms with E-state index in [9.17, 15) is 9.59 Å². The summed E-state index contributed by atoms with van der Waals surface area (Å²) in [6.45, 7) is 4.98. The Balaban J connectivity index is 1.44. The molecule has 5 heteroatoms. The Morgan fingerprint density at radius 3 is 2.58 bits per heavy atom. The molecule has 5 nitrogen and oxygen atoms in total. The standard InChI is InChI=1S/C21H24N2O3/c1-14-7-15(2)9-18(8-14)21(25)23-12-20(24)22-11-16-10-17-5-3-4-6-19(17)26-13-16/h3-9,16H,10-13H2,1-2H3,(H,22,24)(H,23,25). The minimum absolute atomic E-state index is 0.0318. The van der Waals surface area contributed by atoms with Crippen molar-refractivity contribution in [2.45, 2.75) is 20.3 Å². The summed E-state index contributed by atoms with van der Waals surface area (Å²) in [4.78, 5) is 24.2. The second kappa shape index (κ2) is 8.04. The number of fused-ring (bicyclic) bond motifs is 1. The molecule has 1 aliphatic heterocycles. The highest BCUT2D eigenvalue weighted by molar-refractivity contribution is 5.96. The zero-order valence-corrected chi connectivity index (χ0v) is 15.2. The van der Waals surface area contributed by atoms with Gasteiger partial charge in [0.05, 0.1) is 13.2 Å². The molecule has 2 aromatic rings. The molecule has 2 aromatic carbocycles. The molecule has 136 valence electrons.